The number of furan rings is 1. The van der Waals surface area contributed by atoms with Crippen molar-refractivity contribution in [2.45, 2.75) is 51.5 Å². The molecule has 2 aromatic rings. The number of nitrogens with one attached hydrogen (secondary N) is 1. The summed E-state index contributed by atoms with van der Waals surface area (Å²) in [6, 6.07) is 8.05. The number of hydrogen-bond donors (Lipinski definition) is 1. The van der Waals surface area contributed by atoms with Crippen LogP contribution in [-0.2, 0) is 4.79 Å². The Bertz CT molecular complexity index is 846. The molecule has 1 N–H and O–H groups in total. The first-order valence-electron chi connectivity index (χ1n) is 10.5. The lowest BCUT2D eigenvalue weighted by atomic mass is 9.99. The Kier molecular flexibility index (Phi) is 5.67. The zero-order valence-corrected chi connectivity index (χ0v) is 16.6. The molecule has 0 radical (unpaired) electrons. The molecule has 28 heavy (non-hydrogen) atoms. The molecule has 2 fully saturated rings. The Morgan fingerprint density at radius 2 is 1.79 bits per heavy atom. The van der Waals surface area contributed by atoms with Gasteiger partial charge in [-0.15, -0.1) is 0 Å². The Balaban J connectivity index is 1.51. The van der Waals surface area contributed by atoms with Crippen LogP contribution in [-0.4, -0.2) is 53.8 Å². The highest BCUT2D eigenvalue weighted by molar-refractivity contribution is 6.10. The number of anilines is 1. The first-order valence-corrected chi connectivity index (χ1v) is 10.5. The second-order valence-corrected chi connectivity index (χ2v) is 7.82. The van der Waals surface area contributed by atoms with Gasteiger partial charge in [-0.1, -0.05) is 25.5 Å². The molecule has 0 spiro atoms. The van der Waals surface area contributed by atoms with Crippen LogP contribution in [0.25, 0.3) is 11.0 Å². The molecule has 2 saturated heterocycles. The van der Waals surface area contributed by atoms with Crippen LogP contribution >= 0.6 is 0 Å². The number of likely N-dealkylation sites (tertiary alicyclic amines) is 2. The minimum Gasteiger partial charge on any atom is -0.449 e. The lowest BCUT2D eigenvalue weighted by Crippen LogP contribution is -2.48. The monoisotopic (exact) mass is 383 g/mol. The Hall–Kier alpha value is -2.34. The van der Waals surface area contributed by atoms with Crippen LogP contribution < -0.4 is 5.32 Å². The molecule has 6 nitrogen and oxygen atoms in total. The predicted molar refractivity (Wildman–Crippen MR) is 109 cm³/mol. The number of amides is 2. The van der Waals surface area contributed by atoms with E-state index < -0.39 is 0 Å². The summed E-state index contributed by atoms with van der Waals surface area (Å²) >= 11 is 0. The summed E-state index contributed by atoms with van der Waals surface area (Å²) in [5, 5.41) is 3.65. The molecule has 0 aliphatic carbocycles. The molecule has 2 aliphatic heterocycles. The minimum absolute atomic E-state index is 0.121. The van der Waals surface area contributed by atoms with Gasteiger partial charge in [-0.3, -0.25) is 9.59 Å². The molecule has 150 valence electrons. The number of piperidine rings is 2. The number of fused-ring (bicyclic) bond motifs is 1. The van der Waals surface area contributed by atoms with Gasteiger partial charge in [0.05, 0.1) is 0 Å². The average Bonchev–Trinajstić information content (AvgIpc) is 3.12. The third-order valence-electron chi connectivity index (χ3n) is 6.03. The minimum atomic E-state index is -0.125. The number of nitrogens with zero attached hydrogens (tertiary/aromatic N) is 2. The highest BCUT2D eigenvalue weighted by atomic mass is 16.3. The van der Waals surface area contributed by atoms with Crippen molar-refractivity contribution in [3.05, 3.63) is 30.0 Å². The molecule has 1 aromatic carbocycles. The van der Waals surface area contributed by atoms with E-state index in [9.17, 15) is 9.59 Å². The summed E-state index contributed by atoms with van der Waals surface area (Å²) in [6.45, 7) is 5.64. The molecule has 2 amide bonds. The molecule has 6 heteroatoms. The second kappa shape index (κ2) is 8.35. The number of rotatable bonds is 4. The second-order valence-electron chi connectivity index (χ2n) is 7.82. The van der Waals surface area contributed by atoms with Crippen LogP contribution in [0.2, 0.25) is 0 Å². The van der Waals surface area contributed by atoms with E-state index in [4.69, 9.17) is 4.42 Å². The molecule has 0 saturated carbocycles. The van der Waals surface area contributed by atoms with Gasteiger partial charge in [-0.25, -0.2) is 0 Å². The molecule has 3 heterocycles. The van der Waals surface area contributed by atoms with Crippen molar-refractivity contribution >= 4 is 28.5 Å². The third-order valence-corrected chi connectivity index (χ3v) is 6.03. The van der Waals surface area contributed by atoms with Gasteiger partial charge in [0.1, 0.15) is 11.3 Å². The summed E-state index contributed by atoms with van der Waals surface area (Å²) < 4.78 is 5.89. The van der Waals surface area contributed by atoms with E-state index in [1.807, 2.05) is 29.2 Å². The van der Waals surface area contributed by atoms with E-state index in [1.54, 1.807) is 6.92 Å². The van der Waals surface area contributed by atoms with E-state index >= 15 is 0 Å². The largest absolute Gasteiger partial charge is 0.449 e. The van der Waals surface area contributed by atoms with E-state index in [1.165, 1.54) is 32.4 Å². The normalized spacial score (nSPS) is 19.1. The maximum Gasteiger partial charge on any atom is 0.291 e. The molecule has 0 unspecified atom stereocenters. The number of hydrogen-bond acceptors (Lipinski definition) is 4. The van der Waals surface area contributed by atoms with E-state index in [0.29, 0.717) is 23.7 Å². The number of para-hydroxylation sites is 1. The molecule has 4 rings (SSSR count). The lowest BCUT2D eigenvalue weighted by molar-refractivity contribution is -0.115. The first kappa shape index (κ1) is 19.0. The molecule has 1 aromatic heterocycles. The number of carbonyl (C=O) groups excluding carboxylic acids is 2. The maximum absolute atomic E-state index is 13.2. The van der Waals surface area contributed by atoms with Crippen LogP contribution in [0.3, 0.4) is 0 Å². The number of carbonyl (C=O) groups is 2. The van der Waals surface area contributed by atoms with Crippen molar-refractivity contribution in [1.82, 2.24) is 9.80 Å². The Labute approximate surface area is 165 Å². The van der Waals surface area contributed by atoms with Gasteiger partial charge in [0, 0.05) is 30.9 Å². The number of benzene rings is 1. The summed E-state index contributed by atoms with van der Waals surface area (Å²) in [7, 11) is 0. The standard InChI is InChI=1S/C22H29N3O3/c1-2-19(26)23-20-17-8-4-5-9-18(17)28-21(20)22(27)25-14-10-16(11-15-25)24-12-6-3-7-13-24/h4-5,8-9,16H,2-3,6-7,10-15H2,1H3,(H,23,26). The molecule has 0 bridgehead atoms. The van der Waals surface area contributed by atoms with E-state index in [2.05, 4.69) is 10.2 Å². The quantitative estimate of drug-likeness (QED) is 0.870. The van der Waals surface area contributed by atoms with Gasteiger partial charge in [-0.2, -0.15) is 0 Å². The fourth-order valence-corrected chi connectivity index (χ4v) is 4.41. The smallest absolute Gasteiger partial charge is 0.291 e. The summed E-state index contributed by atoms with van der Waals surface area (Å²) in [5.41, 5.74) is 1.13. The van der Waals surface area contributed by atoms with Gasteiger partial charge in [0.15, 0.2) is 0 Å². The fraction of sp³-hybridized carbons (Fsp3) is 0.545. The third kappa shape index (κ3) is 3.78. The Morgan fingerprint density at radius 3 is 2.50 bits per heavy atom. The van der Waals surface area contributed by atoms with Gasteiger partial charge in [0.25, 0.3) is 5.91 Å². The van der Waals surface area contributed by atoms with Gasteiger partial charge < -0.3 is 19.5 Å². The SMILES string of the molecule is CCC(=O)Nc1c(C(=O)N2CCC(N3CCCCC3)CC2)oc2ccccc12. The molecular formula is C22H29N3O3. The molecule has 2 aliphatic rings. The average molecular weight is 383 g/mol. The summed E-state index contributed by atoms with van der Waals surface area (Å²) in [6.07, 6.45) is 6.28. The van der Waals surface area contributed by atoms with E-state index in [0.717, 1.165) is 31.3 Å². The van der Waals surface area contributed by atoms with Gasteiger partial charge in [0.2, 0.25) is 11.7 Å². The van der Waals surface area contributed by atoms with Crippen molar-refractivity contribution in [3.8, 4) is 0 Å². The zero-order chi connectivity index (χ0) is 19.5. The van der Waals surface area contributed by atoms with Crippen molar-refractivity contribution in [2.75, 3.05) is 31.5 Å². The van der Waals surface area contributed by atoms with Crippen LogP contribution in [0.4, 0.5) is 5.69 Å². The van der Waals surface area contributed by atoms with Crippen molar-refractivity contribution in [2.24, 2.45) is 0 Å². The lowest BCUT2D eigenvalue weighted by Gasteiger charge is -2.40. The van der Waals surface area contributed by atoms with Gasteiger partial charge in [-0.05, 0) is 50.9 Å². The predicted octanol–water partition coefficient (Wildman–Crippen LogP) is 3.87. The van der Waals surface area contributed by atoms with E-state index in [-0.39, 0.29) is 17.6 Å². The molecule has 0 atom stereocenters. The maximum atomic E-state index is 13.2. The van der Waals surface area contributed by atoms with Crippen molar-refractivity contribution < 1.29 is 14.0 Å². The van der Waals surface area contributed by atoms with Crippen LogP contribution in [0.15, 0.2) is 28.7 Å². The summed E-state index contributed by atoms with van der Waals surface area (Å²) in [5.74, 6) is 0.00327. The highest BCUT2D eigenvalue weighted by Gasteiger charge is 2.31. The zero-order valence-electron chi connectivity index (χ0n) is 16.6. The van der Waals surface area contributed by atoms with Gasteiger partial charge >= 0.3 is 0 Å². The highest BCUT2D eigenvalue weighted by Crippen LogP contribution is 2.33. The first-order chi connectivity index (χ1) is 13.7. The van der Waals surface area contributed by atoms with Crippen LogP contribution in [0.5, 0.6) is 0 Å². The van der Waals surface area contributed by atoms with Crippen molar-refractivity contribution in [3.63, 3.8) is 0 Å². The van der Waals surface area contributed by atoms with Crippen LogP contribution in [0, 0.1) is 0 Å². The molecular weight excluding hydrogens is 354 g/mol. The fourth-order valence-electron chi connectivity index (χ4n) is 4.41. The van der Waals surface area contributed by atoms with Crippen LogP contribution in [0.1, 0.15) is 56.0 Å². The Morgan fingerprint density at radius 1 is 1.07 bits per heavy atom. The van der Waals surface area contributed by atoms with Crippen molar-refractivity contribution in [1.29, 1.82) is 0 Å². The summed E-state index contributed by atoms with van der Waals surface area (Å²) in [4.78, 5) is 29.7. The topological polar surface area (TPSA) is 65.8 Å².